The molecule has 4 aromatic rings. The van der Waals surface area contributed by atoms with Crippen molar-refractivity contribution in [2.75, 3.05) is 5.73 Å². The monoisotopic (exact) mass is 312 g/mol. The van der Waals surface area contributed by atoms with Gasteiger partial charge in [-0.25, -0.2) is 0 Å². The smallest absolute Gasteiger partial charge is 0.102 e. The maximum Gasteiger partial charge on any atom is 0.102 e. The molecule has 0 aliphatic rings. The first-order valence-corrected chi connectivity index (χ1v) is 7.76. The number of anilines is 1. The number of hydrogen-bond acceptors (Lipinski definition) is 4. The molecule has 2 aromatic carbocycles. The Kier molecular flexibility index (Phi) is 3.43. The third-order valence-electron chi connectivity index (χ3n) is 4.10. The van der Waals surface area contributed by atoms with Gasteiger partial charge in [0, 0.05) is 28.7 Å². The third kappa shape index (κ3) is 2.38. The molecule has 0 fully saturated rings. The molecule has 0 aliphatic heterocycles. The van der Waals surface area contributed by atoms with Gasteiger partial charge in [-0.2, -0.15) is 5.10 Å². The minimum absolute atomic E-state index is 0.613. The third-order valence-corrected chi connectivity index (χ3v) is 4.10. The van der Waals surface area contributed by atoms with Gasteiger partial charge in [-0.15, -0.1) is 5.10 Å². The van der Waals surface area contributed by atoms with Crippen LogP contribution < -0.4 is 5.73 Å². The maximum absolute atomic E-state index is 5.88. The van der Waals surface area contributed by atoms with Gasteiger partial charge >= 0.3 is 0 Å². The van der Waals surface area contributed by atoms with Crippen molar-refractivity contribution in [1.29, 1.82) is 0 Å². The molecule has 0 unspecified atom stereocenters. The molecule has 4 nitrogen and oxygen atoms in total. The molecule has 4 rings (SSSR count). The van der Waals surface area contributed by atoms with E-state index in [9.17, 15) is 0 Å². The summed E-state index contributed by atoms with van der Waals surface area (Å²) >= 11 is 0. The number of pyridine rings is 1. The van der Waals surface area contributed by atoms with Gasteiger partial charge in [0.05, 0.1) is 11.4 Å². The van der Waals surface area contributed by atoms with E-state index in [1.807, 2.05) is 31.2 Å². The fraction of sp³-hybridized carbons (Fsp3) is 0.0500. The molecule has 0 atom stereocenters. The van der Waals surface area contributed by atoms with Crippen LogP contribution in [0.25, 0.3) is 33.2 Å². The summed E-state index contributed by atoms with van der Waals surface area (Å²) in [7, 11) is 0. The summed E-state index contributed by atoms with van der Waals surface area (Å²) in [5, 5.41) is 10.9. The van der Waals surface area contributed by atoms with Crippen LogP contribution in [0, 0.1) is 6.92 Å². The average Bonchev–Trinajstić information content (AvgIpc) is 2.62. The molecule has 116 valence electrons. The maximum atomic E-state index is 5.88. The van der Waals surface area contributed by atoms with Gasteiger partial charge < -0.3 is 5.73 Å². The number of benzene rings is 2. The second-order valence-electron chi connectivity index (χ2n) is 5.74. The van der Waals surface area contributed by atoms with Crippen LogP contribution in [-0.2, 0) is 0 Å². The van der Waals surface area contributed by atoms with Gasteiger partial charge in [-0.05, 0) is 24.1 Å². The van der Waals surface area contributed by atoms with Crippen LogP contribution in [0.4, 0.5) is 5.69 Å². The molecular formula is C20H16N4. The molecule has 24 heavy (non-hydrogen) atoms. The lowest BCUT2D eigenvalue weighted by Gasteiger charge is -2.12. The quantitative estimate of drug-likeness (QED) is 0.601. The number of nitrogen functional groups attached to an aromatic ring is 1. The Hall–Kier alpha value is -3.27. The van der Waals surface area contributed by atoms with Crippen molar-refractivity contribution in [3.05, 3.63) is 72.7 Å². The number of nitrogens with two attached hydrogens (primary N) is 1. The number of fused-ring (bicyclic) bond motifs is 1. The first-order chi connectivity index (χ1) is 11.7. The van der Waals surface area contributed by atoms with Crippen molar-refractivity contribution in [3.63, 3.8) is 0 Å². The molecule has 2 aromatic heterocycles. The van der Waals surface area contributed by atoms with E-state index >= 15 is 0 Å². The highest BCUT2D eigenvalue weighted by Gasteiger charge is 2.13. The van der Waals surface area contributed by atoms with E-state index in [0.717, 1.165) is 38.9 Å². The zero-order valence-corrected chi connectivity index (χ0v) is 13.3. The standard InChI is InChI=1S/C20H16N4/c1-13-19-17(14-6-3-2-4-7-14)8-5-9-18(19)20(24-23-13)15-10-16(21)12-22-11-15/h2-12H,21H2,1H3. The lowest BCUT2D eigenvalue weighted by molar-refractivity contribution is 1.01. The Labute approximate surface area is 140 Å². The molecule has 0 spiro atoms. The van der Waals surface area contributed by atoms with E-state index in [0.29, 0.717) is 5.69 Å². The van der Waals surface area contributed by atoms with Crippen molar-refractivity contribution in [2.45, 2.75) is 6.92 Å². The lowest BCUT2D eigenvalue weighted by Crippen LogP contribution is -1.97. The highest BCUT2D eigenvalue weighted by molar-refractivity contribution is 6.04. The second kappa shape index (κ2) is 5.74. The molecule has 2 N–H and O–H groups in total. The van der Waals surface area contributed by atoms with Gasteiger partial charge in [0.25, 0.3) is 0 Å². The van der Waals surface area contributed by atoms with Crippen LogP contribution in [0.3, 0.4) is 0 Å². The van der Waals surface area contributed by atoms with Crippen LogP contribution in [0.15, 0.2) is 67.0 Å². The largest absolute Gasteiger partial charge is 0.397 e. The van der Waals surface area contributed by atoms with E-state index in [1.165, 1.54) is 0 Å². The fourth-order valence-corrected chi connectivity index (χ4v) is 3.03. The number of aromatic nitrogens is 3. The summed E-state index contributed by atoms with van der Waals surface area (Å²) in [6.07, 6.45) is 3.40. The van der Waals surface area contributed by atoms with Crippen LogP contribution in [0.5, 0.6) is 0 Å². The van der Waals surface area contributed by atoms with E-state index in [-0.39, 0.29) is 0 Å². The van der Waals surface area contributed by atoms with Crippen molar-refractivity contribution in [3.8, 4) is 22.4 Å². The minimum Gasteiger partial charge on any atom is -0.397 e. The Morgan fingerprint density at radius 3 is 2.46 bits per heavy atom. The Bertz CT molecular complexity index is 1030. The van der Waals surface area contributed by atoms with Gasteiger partial charge in [-0.3, -0.25) is 4.98 Å². The van der Waals surface area contributed by atoms with Gasteiger partial charge in [0.1, 0.15) is 5.69 Å². The van der Waals surface area contributed by atoms with E-state index in [4.69, 9.17) is 5.73 Å². The molecule has 0 amide bonds. The predicted molar refractivity (Wildman–Crippen MR) is 97.4 cm³/mol. The van der Waals surface area contributed by atoms with Gasteiger partial charge in [-0.1, -0.05) is 48.5 Å². The van der Waals surface area contributed by atoms with Crippen LogP contribution in [0.2, 0.25) is 0 Å². The van der Waals surface area contributed by atoms with Crippen molar-refractivity contribution in [1.82, 2.24) is 15.2 Å². The summed E-state index contributed by atoms with van der Waals surface area (Å²) in [4.78, 5) is 4.18. The zero-order valence-electron chi connectivity index (χ0n) is 13.3. The highest BCUT2D eigenvalue weighted by atomic mass is 15.1. The number of aryl methyl sites for hydroxylation is 1. The van der Waals surface area contributed by atoms with E-state index in [2.05, 4.69) is 45.5 Å². The Morgan fingerprint density at radius 1 is 0.833 bits per heavy atom. The lowest BCUT2D eigenvalue weighted by atomic mass is 9.96. The molecular weight excluding hydrogens is 296 g/mol. The number of rotatable bonds is 2. The van der Waals surface area contributed by atoms with Crippen molar-refractivity contribution >= 4 is 16.5 Å². The van der Waals surface area contributed by atoms with E-state index < -0.39 is 0 Å². The van der Waals surface area contributed by atoms with Crippen LogP contribution in [0.1, 0.15) is 5.69 Å². The van der Waals surface area contributed by atoms with Gasteiger partial charge in [0.2, 0.25) is 0 Å². The summed E-state index contributed by atoms with van der Waals surface area (Å²) in [5.74, 6) is 0. The summed E-state index contributed by atoms with van der Waals surface area (Å²) in [6.45, 7) is 1.99. The summed E-state index contributed by atoms with van der Waals surface area (Å²) < 4.78 is 0. The Morgan fingerprint density at radius 2 is 1.67 bits per heavy atom. The van der Waals surface area contributed by atoms with Crippen LogP contribution in [-0.4, -0.2) is 15.2 Å². The zero-order chi connectivity index (χ0) is 16.5. The topological polar surface area (TPSA) is 64.7 Å². The number of nitrogens with zero attached hydrogens (tertiary/aromatic N) is 3. The van der Waals surface area contributed by atoms with Crippen LogP contribution >= 0.6 is 0 Å². The normalized spacial score (nSPS) is 10.9. The molecule has 0 aliphatic carbocycles. The first kappa shape index (κ1) is 14.3. The SMILES string of the molecule is Cc1nnc(-c2cncc(N)c2)c2cccc(-c3ccccc3)c12. The molecule has 4 heteroatoms. The minimum atomic E-state index is 0.613. The first-order valence-electron chi connectivity index (χ1n) is 7.76. The highest BCUT2D eigenvalue weighted by Crippen LogP contribution is 2.34. The number of hydrogen-bond donors (Lipinski definition) is 1. The molecule has 2 heterocycles. The van der Waals surface area contributed by atoms with E-state index in [1.54, 1.807) is 12.4 Å². The molecule has 0 radical (unpaired) electrons. The molecule has 0 bridgehead atoms. The average molecular weight is 312 g/mol. The van der Waals surface area contributed by atoms with Crippen molar-refractivity contribution in [2.24, 2.45) is 0 Å². The predicted octanol–water partition coefficient (Wildman–Crippen LogP) is 4.25. The molecule has 0 saturated heterocycles. The Balaban J connectivity index is 2.04. The summed E-state index contributed by atoms with van der Waals surface area (Å²) in [6, 6.07) is 18.4. The van der Waals surface area contributed by atoms with Crippen molar-refractivity contribution < 1.29 is 0 Å². The molecule has 0 saturated carbocycles. The summed E-state index contributed by atoms with van der Waals surface area (Å²) in [5.41, 5.74) is 11.4. The van der Waals surface area contributed by atoms with Gasteiger partial charge in [0.15, 0.2) is 0 Å². The fourth-order valence-electron chi connectivity index (χ4n) is 3.03. The second-order valence-corrected chi connectivity index (χ2v) is 5.74.